The fourth-order valence-corrected chi connectivity index (χ4v) is 6.28. The lowest BCUT2D eigenvalue weighted by molar-refractivity contribution is -0.314. The van der Waals surface area contributed by atoms with Crippen LogP contribution in [0.15, 0.2) is 72.8 Å². The predicted molar refractivity (Wildman–Crippen MR) is 118 cm³/mol. The number of amides is 2. The summed E-state index contributed by atoms with van der Waals surface area (Å²) in [5.41, 5.74) is 1.21. The van der Waals surface area contributed by atoms with Crippen LogP contribution in [0.25, 0.3) is 0 Å². The molecule has 1 aliphatic heterocycles. The molecule has 164 valence electrons. The van der Waals surface area contributed by atoms with Crippen molar-refractivity contribution in [2.45, 2.75) is 18.3 Å². The topological polar surface area (TPSA) is 86.7 Å². The standard InChI is InChI=1S/C27H21NO5/c1-2-33-20-14-8-7-13-19(20)28-24(29)22-21-15-9-3-5-11-17(15)27(26(31)32,23(22)25(28)30)18-12-6-4-10-16(18)21/h3-14,21-23H,2H2,1H3,(H,31,32)/p-1/t21?,22-,23-,27?/m1/s1. The average molecular weight is 438 g/mol. The minimum atomic E-state index is -1.74. The summed E-state index contributed by atoms with van der Waals surface area (Å²) in [4.78, 5) is 42.1. The Hall–Kier alpha value is -3.93. The number of anilines is 1. The van der Waals surface area contributed by atoms with Gasteiger partial charge in [-0.2, -0.15) is 0 Å². The maximum Gasteiger partial charge on any atom is 0.239 e. The van der Waals surface area contributed by atoms with Crippen LogP contribution in [0, 0.1) is 11.8 Å². The SMILES string of the molecule is CCOc1ccccc1N1C(=O)[C@@H]2C3c4ccccc4C(C(=O)[O-])(c4ccccc43)[C@H]2C1=O. The van der Waals surface area contributed by atoms with Crippen molar-refractivity contribution >= 4 is 23.5 Å². The highest BCUT2D eigenvalue weighted by atomic mass is 16.5. The van der Waals surface area contributed by atoms with E-state index in [1.165, 1.54) is 0 Å². The first-order valence-corrected chi connectivity index (χ1v) is 11.0. The molecule has 4 aliphatic rings. The number of hydrogen-bond donors (Lipinski definition) is 0. The molecule has 2 bridgehead atoms. The molecule has 1 fully saturated rings. The summed E-state index contributed by atoms with van der Waals surface area (Å²) in [5, 5.41) is 13.0. The van der Waals surface area contributed by atoms with Gasteiger partial charge >= 0.3 is 0 Å². The second-order valence-corrected chi connectivity index (χ2v) is 8.66. The van der Waals surface area contributed by atoms with Crippen molar-refractivity contribution < 1.29 is 24.2 Å². The van der Waals surface area contributed by atoms with Gasteiger partial charge in [-0.15, -0.1) is 0 Å². The van der Waals surface area contributed by atoms with E-state index in [0.29, 0.717) is 29.2 Å². The third-order valence-electron chi connectivity index (χ3n) is 7.35. The average Bonchev–Trinajstić information content (AvgIpc) is 3.10. The number of ether oxygens (including phenoxy) is 1. The van der Waals surface area contributed by atoms with Crippen molar-refractivity contribution in [1.82, 2.24) is 0 Å². The Labute approximate surface area is 190 Å². The van der Waals surface area contributed by atoms with Crippen LogP contribution in [0.3, 0.4) is 0 Å². The van der Waals surface area contributed by atoms with Crippen LogP contribution in [-0.4, -0.2) is 24.4 Å². The summed E-state index contributed by atoms with van der Waals surface area (Å²) in [6.45, 7) is 2.19. The van der Waals surface area contributed by atoms with E-state index in [1.54, 1.807) is 48.5 Å². The number of carboxylic acids is 1. The second-order valence-electron chi connectivity index (χ2n) is 8.66. The largest absolute Gasteiger partial charge is 0.549 e. The highest BCUT2D eigenvalue weighted by molar-refractivity contribution is 6.25. The normalized spacial score (nSPS) is 26.6. The molecule has 0 saturated carbocycles. The zero-order chi connectivity index (χ0) is 22.9. The Morgan fingerprint density at radius 3 is 2.09 bits per heavy atom. The third kappa shape index (κ3) is 2.25. The van der Waals surface area contributed by atoms with Gasteiger partial charge in [-0.3, -0.25) is 9.59 Å². The van der Waals surface area contributed by atoms with E-state index >= 15 is 0 Å². The molecular weight excluding hydrogens is 418 g/mol. The van der Waals surface area contributed by atoms with Gasteiger partial charge in [-0.25, -0.2) is 4.90 Å². The number of carbonyl (C=O) groups excluding carboxylic acids is 3. The van der Waals surface area contributed by atoms with E-state index in [4.69, 9.17) is 4.74 Å². The minimum absolute atomic E-state index is 0.338. The van der Waals surface area contributed by atoms with Crippen LogP contribution >= 0.6 is 0 Å². The maximum absolute atomic E-state index is 14.0. The van der Waals surface area contributed by atoms with Gasteiger partial charge in [0.15, 0.2) is 0 Å². The molecule has 6 nitrogen and oxygen atoms in total. The Morgan fingerprint density at radius 2 is 1.48 bits per heavy atom. The predicted octanol–water partition coefficient (Wildman–Crippen LogP) is 2.39. The third-order valence-corrected chi connectivity index (χ3v) is 7.35. The van der Waals surface area contributed by atoms with Gasteiger partial charge in [0, 0.05) is 5.92 Å². The number of carbonyl (C=O) groups is 3. The van der Waals surface area contributed by atoms with E-state index in [9.17, 15) is 19.5 Å². The molecular formula is C27H20NO5-. The number of rotatable bonds is 4. The molecule has 3 aromatic rings. The molecule has 0 spiro atoms. The Kier molecular flexibility index (Phi) is 4.06. The number of hydrogen-bond acceptors (Lipinski definition) is 5. The molecule has 1 saturated heterocycles. The number of imide groups is 1. The lowest BCUT2D eigenvalue weighted by atomic mass is 9.47. The van der Waals surface area contributed by atoms with Crippen LogP contribution in [0.2, 0.25) is 0 Å². The summed E-state index contributed by atoms with van der Waals surface area (Å²) in [7, 11) is 0. The molecule has 6 heteroatoms. The monoisotopic (exact) mass is 438 g/mol. The van der Waals surface area contributed by atoms with Gasteiger partial charge in [0.05, 0.1) is 35.5 Å². The summed E-state index contributed by atoms with van der Waals surface area (Å²) >= 11 is 0. The highest BCUT2D eigenvalue weighted by Crippen LogP contribution is 2.64. The molecule has 0 aromatic heterocycles. The van der Waals surface area contributed by atoms with Crippen molar-refractivity contribution in [2.24, 2.45) is 11.8 Å². The molecule has 1 heterocycles. The number of aliphatic carboxylic acids is 1. The minimum Gasteiger partial charge on any atom is -0.549 e. The first-order chi connectivity index (χ1) is 16.0. The fraction of sp³-hybridized carbons (Fsp3) is 0.222. The molecule has 0 radical (unpaired) electrons. The van der Waals surface area contributed by atoms with E-state index < -0.39 is 41.0 Å². The lowest BCUT2D eigenvalue weighted by Gasteiger charge is -2.54. The molecule has 0 unspecified atom stereocenters. The van der Waals surface area contributed by atoms with Gasteiger partial charge < -0.3 is 14.6 Å². The van der Waals surface area contributed by atoms with Crippen molar-refractivity contribution in [3.8, 4) is 5.75 Å². The van der Waals surface area contributed by atoms with Crippen molar-refractivity contribution in [3.05, 3.63) is 95.1 Å². The zero-order valence-corrected chi connectivity index (χ0v) is 17.9. The smallest absolute Gasteiger partial charge is 0.239 e. The van der Waals surface area contributed by atoms with E-state index in [1.807, 2.05) is 31.2 Å². The highest BCUT2D eigenvalue weighted by Gasteiger charge is 2.69. The quantitative estimate of drug-likeness (QED) is 0.584. The summed E-state index contributed by atoms with van der Waals surface area (Å²) < 4.78 is 5.69. The van der Waals surface area contributed by atoms with Crippen LogP contribution in [0.1, 0.15) is 35.1 Å². The number of carboxylic acid groups (broad SMARTS) is 1. The van der Waals surface area contributed by atoms with Crippen LogP contribution in [0.5, 0.6) is 5.75 Å². The van der Waals surface area contributed by atoms with Crippen molar-refractivity contribution in [3.63, 3.8) is 0 Å². The van der Waals surface area contributed by atoms with Crippen molar-refractivity contribution in [1.29, 1.82) is 0 Å². The molecule has 7 rings (SSSR count). The summed E-state index contributed by atoms with van der Waals surface area (Å²) in [5.74, 6) is -4.24. The first kappa shape index (κ1) is 19.7. The van der Waals surface area contributed by atoms with Crippen LogP contribution < -0.4 is 14.7 Å². The molecule has 0 N–H and O–H groups in total. The molecule has 3 aliphatic carbocycles. The second kappa shape index (κ2) is 6.78. The first-order valence-electron chi connectivity index (χ1n) is 11.0. The van der Waals surface area contributed by atoms with Crippen LogP contribution in [0.4, 0.5) is 5.69 Å². The number of nitrogens with zero attached hydrogens (tertiary/aromatic N) is 1. The van der Waals surface area contributed by atoms with E-state index in [0.717, 1.165) is 16.0 Å². The lowest BCUT2D eigenvalue weighted by Crippen LogP contribution is -2.61. The number of benzene rings is 3. The van der Waals surface area contributed by atoms with Gasteiger partial charge in [0.1, 0.15) is 5.75 Å². The fourth-order valence-electron chi connectivity index (χ4n) is 6.28. The summed E-state index contributed by atoms with van der Waals surface area (Å²) in [6, 6.07) is 21.3. The molecule has 3 aromatic carbocycles. The Bertz CT molecular complexity index is 1300. The Balaban J connectivity index is 1.64. The van der Waals surface area contributed by atoms with Gasteiger partial charge in [-0.1, -0.05) is 60.7 Å². The van der Waals surface area contributed by atoms with Gasteiger partial charge in [-0.05, 0) is 41.3 Å². The van der Waals surface area contributed by atoms with Gasteiger partial charge in [0.2, 0.25) is 11.8 Å². The molecule has 2 atom stereocenters. The summed E-state index contributed by atoms with van der Waals surface area (Å²) in [6.07, 6.45) is 0. The van der Waals surface area contributed by atoms with Crippen molar-refractivity contribution in [2.75, 3.05) is 11.5 Å². The Morgan fingerprint density at radius 1 is 0.909 bits per heavy atom. The maximum atomic E-state index is 14.0. The molecule has 2 amide bonds. The van der Waals surface area contributed by atoms with E-state index in [-0.39, 0.29) is 0 Å². The molecule has 33 heavy (non-hydrogen) atoms. The van der Waals surface area contributed by atoms with Gasteiger partial charge in [0.25, 0.3) is 0 Å². The van der Waals surface area contributed by atoms with E-state index in [2.05, 4.69) is 0 Å². The number of para-hydroxylation sites is 2. The van der Waals surface area contributed by atoms with Crippen LogP contribution in [-0.2, 0) is 19.8 Å². The zero-order valence-electron chi connectivity index (χ0n) is 17.9.